The first-order chi connectivity index (χ1) is 11.6. The average molecular weight is 330 g/mol. The van der Waals surface area contributed by atoms with Gasteiger partial charge in [-0.2, -0.15) is 0 Å². The molecular weight excluding hydrogens is 304 g/mol. The summed E-state index contributed by atoms with van der Waals surface area (Å²) < 4.78 is 10.7. The van der Waals surface area contributed by atoms with Gasteiger partial charge in [0.2, 0.25) is 0 Å². The quantitative estimate of drug-likeness (QED) is 0.935. The molecule has 0 bridgehead atoms. The van der Waals surface area contributed by atoms with E-state index in [4.69, 9.17) is 9.47 Å². The molecule has 0 radical (unpaired) electrons. The molecular formula is C19H26N2O3. The van der Waals surface area contributed by atoms with E-state index in [2.05, 4.69) is 9.88 Å². The van der Waals surface area contributed by atoms with Crippen molar-refractivity contribution in [1.29, 1.82) is 0 Å². The number of aromatic nitrogens is 1. The van der Waals surface area contributed by atoms with Crippen molar-refractivity contribution in [2.45, 2.75) is 39.2 Å². The van der Waals surface area contributed by atoms with Crippen molar-refractivity contribution in [3.63, 3.8) is 0 Å². The molecule has 0 saturated carbocycles. The Morgan fingerprint density at radius 1 is 1.08 bits per heavy atom. The lowest BCUT2D eigenvalue weighted by Crippen LogP contribution is -2.28. The Labute approximate surface area is 142 Å². The van der Waals surface area contributed by atoms with Gasteiger partial charge in [-0.15, -0.1) is 0 Å². The van der Waals surface area contributed by atoms with Gasteiger partial charge in [0.1, 0.15) is 11.5 Å². The van der Waals surface area contributed by atoms with E-state index in [9.17, 15) is 4.79 Å². The molecule has 3 rings (SSSR count). The Morgan fingerprint density at radius 2 is 1.79 bits per heavy atom. The number of ether oxygens (including phenoxy) is 2. The lowest BCUT2D eigenvalue weighted by molar-refractivity contribution is 0.275. The Balaban J connectivity index is 2.06. The fourth-order valence-corrected chi connectivity index (χ4v) is 3.48. The zero-order valence-corrected chi connectivity index (χ0v) is 14.8. The fourth-order valence-electron chi connectivity index (χ4n) is 3.48. The van der Waals surface area contributed by atoms with Gasteiger partial charge in [-0.3, -0.25) is 9.69 Å². The smallest absolute Gasteiger partial charge is 0.194 e. The summed E-state index contributed by atoms with van der Waals surface area (Å²) in [5.74, 6) is 1.26. The zero-order valence-electron chi connectivity index (χ0n) is 14.8. The summed E-state index contributed by atoms with van der Waals surface area (Å²) in [5, 5.41) is 0.627. The second-order valence-corrected chi connectivity index (χ2v) is 6.50. The van der Waals surface area contributed by atoms with Gasteiger partial charge in [-0.1, -0.05) is 12.8 Å². The SMILES string of the molecule is COc1cc(OC)c2[nH]c(C)c(CN3CCCCCC3)c(=O)c2c1. The zero-order chi connectivity index (χ0) is 17.1. The number of likely N-dealkylation sites (tertiary alicyclic amines) is 1. The summed E-state index contributed by atoms with van der Waals surface area (Å²) in [6, 6.07) is 3.59. The predicted molar refractivity (Wildman–Crippen MR) is 96.2 cm³/mol. The first-order valence-corrected chi connectivity index (χ1v) is 8.64. The second kappa shape index (κ2) is 7.26. The molecule has 1 aromatic carbocycles. The normalized spacial score (nSPS) is 16.1. The van der Waals surface area contributed by atoms with Crippen LogP contribution in [-0.2, 0) is 6.54 Å². The largest absolute Gasteiger partial charge is 0.497 e. The summed E-state index contributed by atoms with van der Waals surface area (Å²) >= 11 is 0. The molecule has 0 amide bonds. The van der Waals surface area contributed by atoms with E-state index in [1.165, 1.54) is 25.7 Å². The number of pyridine rings is 1. The molecule has 2 heterocycles. The maximum absolute atomic E-state index is 13.1. The van der Waals surface area contributed by atoms with Crippen LogP contribution in [0, 0.1) is 6.92 Å². The van der Waals surface area contributed by atoms with E-state index in [1.54, 1.807) is 26.4 Å². The number of benzene rings is 1. The molecule has 1 saturated heterocycles. The highest BCUT2D eigenvalue weighted by atomic mass is 16.5. The van der Waals surface area contributed by atoms with Crippen molar-refractivity contribution in [1.82, 2.24) is 9.88 Å². The van der Waals surface area contributed by atoms with E-state index in [-0.39, 0.29) is 5.43 Å². The van der Waals surface area contributed by atoms with Crippen LogP contribution in [0.1, 0.15) is 36.9 Å². The fraction of sp³-hybridized carbons (Fsp3) is 0.526. The highest BCUT2D eigenvalue weighted by molar-refractivity contribution is 5.86. The van der Waals surface area contributed by atoms with Crippen molar-refractivity contribution in [2.75, 3.05) is 27.3 Å². The molecule has 0 spiro atoms. The number of hydrogen-bond acceptors (Lipinski definition) is 4. The van der Waals surface area contributed by atoms with Crippen molar-refractivity contribution < 1.29 is 9.47 Å². The summed E-state index contributed by atoms with van der Waals surface area (Å²) in [5.41, 5.74) is 2.57. The van der Waals surface area contributed by atoms with Crippen LogP contribution in [0.2, 0.25) is 0 Å². The highest BCUT2D eigenvalue weighted by Gasteiger charge is 2.17. The molecule has 0 aliphatic carbocycles. The summed E-state index contributed by atoms with van der Waals surface area (Å²) in [6.45, 7) is 4.81. The van der Waals surface area contributed by atoms with Crippen LogP contribution >= 0.6 is 0 Å². The lowest BCUT2D eigenvalue weighted by atomic mass is 10.1. The van der Waals surface area contributed by atoms with E-state index < -0.39 is 0 Å². The number of hydrogen-bond donors (Lipinski definition) is 1. The summed E-state index contributed by atoms with van der Waals surface area (Å²) in [7, 11) is 3.20. The Bertz CT molecular complexity index is 774. The molecule has 1 aliphatic rings. The van der Waals surface area contributed by atoms with Gasteiger partial charge in [0, 0.05) is 23.9 Å². The highest BCUT2D eigenvalue weighted by Crippen LogP contribution is 2.29. The van der Waals surface area contributed by atoms with Crippen LogP contribution in [0.4, 0.5) is 0 Å². The van der Waals surface area contributed by atoms with E-state index in [0.717, 1.165) is 29.9 Å². The van der Waals surface area contributed by atoms with Gasteiger partial charge in [-0.05, 0) is 38.9 Å². The third-order valence-corrected chi connectivity index (χ3v) is 4.90. The number of nitrogens with one attached hydrogen (secondary N) is 1. The van der Waals surface area contributed by atoms with Crippen LogP contribution < -0.4 is 14.9 Å². The van der Waals surface area contributed by atoms with Crippen LogP contribution in [0.15, 0.2) is 16.9 Å². The maximum atomic E-state index is 13.1. The third-order valence-electron chi connectivity index (χ3n) is 4.90. The van der Waals surface area contributed by atoms with Gasteiger partial charge in [0.25, 0.3) is 0 Å². The number of H-pyrrole nitrogens is 1. The molecule has 1 aromatic heterocycles. The standard InChI is InChI=1S/C19H26N2O3/c1-13-16(12-21-8-6-4-5-7-9-21)19(22)15-10-14(23-2)11-17(24-3)18(15)20-13/h10-11H,4-9,12H2,1-3H3,(H,20,22). The summed E-state index contributed by atoms with van der Waals surface area (Å²) in [4.78, 5) is 18.9. The first kappa shape index (κ1) is 16.8. The number of methoxy groups -OCH3 is 2. The molecule has 2 aromatic rings. The van der Waals surface area contributed by atoms with E-state index in [0.29, 0.717) is 23.4 Å². The molecule has 1 aliphatic heterocycles. The van der Waals surface area contributed by atoms with Crippen molar-refractivity contribution in [3.05, 3.63) is 33.6 Å². The molecule has 130 valence electrons. The molecule has 24 heavy (non-hydrogen) atoms. The van der Waals surface area contributed by atoms with Crippen LogP contribution in [-0.4, -0.2) is 37.2 Å². The van der Waals surface area contributed by atoms with E-state index >= 15 is 0 Å². The second-order valence-electron chi connectivity index (χ2n) is 6.50. The number of fused-ring (bicyclic) bond motifs is 1. The van der Waals surface area contributed by atoms with Crippen LogP contribution in [0.3, 0.4) is 0 Å². The van der Waals surface area contributed by atoms with Crippen LogP contribution in [0.5, 0.6) is 11.5 Å². The Kier molecular flexibility index (Phi) is 5.09. The number of aryl methyl sites for hydroxylation is 1. The minimum absolute atomic E-state index is 0.0719. The van der Waals surface area contributed by atoms with Gasteiger partial charge in [-0.25, -0.2) is 0 Å². The summed E-state index contributed by atoms with van der Waals surface area (Å²) in [6.07, 6.45) is 5.01. The first-order valence-electron chi connectivity index (χ1n) is 8.64. The van der Waals surface area contributed by atoms with Crippen molar-refractivity contribution >= 4 is 10.9 Å². The lowest BCUT2D eigenvalue weighted by Gasteiger charge is -2.21. The molecule has 0 atom stereocenters. The van der Waals surface area contributed by atoms with Crippen molar-refractivity contribution in [3.8, 4) is 11.5 Å². The van der Waals surface area contributed by atoms with Gasteiger partial charge >= 0.3 is 0 Å². The minimum Gasteiger partial charge on any atom is -0.497 e. The molecule has 1 N–H and O–H groups in total. The van der Waals surface area contributed by atoms with Gasteiger partial charge in [0.05, 0.1) is 25.1 Å². The Hall–Kier alpha value is -2.01. The third kappa shape index (κ3) is 3.26. The molecule has 0 unspecified atom stereocenters. The number of rotatable bonds is 4. The Morgan fingerprint density at radius 3 is 2.42 bits per heavy atom. The van der Waals surface area contributed by atoms with Crippen molar-refractivity contribution in [2.24, 2.45) is 0 Å². The number of aromatic amines is 1. The van der Waals surface area contributed by atoms with E-state index in [1.807, 2.05) is 6.92 Å². The minimum atomic E-state index is 0.0719. The molecule has 1 fully saturated rings. The molecule has 5 nitrogen and oxygen atoms in total. The van der Waals surface area contributed by atoms with Gasteiger partial charge in [0.15, 0.2) is 5.43 Å². The van der Waals surface area contributed by atoms with Gasteiger partial charge < -0.3 is 14.5 Å². The average Bonchev–Trinajstić information content (AvgIpc) is 2.86. The predicted octanol–water partition coefficient (Wildman–Crippen LogP) is 3.23. The molecule has 5 heteroatoms. The number of nitrogens with zero attached hydrogens (tertiary/aromatic N) is 1. The van der Waals surface area contributed by atoms with Crippen LogP contribution in [0.25, 0.3) is 10.9 Å². The topological polar surface area (TPSA) is 54.6 Å². The monoisotopic (exact) mass is 330 g/mol. The maximum Gasteiger partial charge on any atom is 0.194 e.